The van der Waals surface area contributed by atoms with Gasteiger partial charge in [-0.05, 0) is 131 Å². The lowest BCUT2D eigenvalue weighted by Crippen LogP contribution is -2.44. The SMILES string of the molecule is CC(C)(C)OC(=O)N(C(=O)OC(C)(C)C)c1nnn2cccc(-c3ccc(N)cc3)c12.CC(C)(C)OC(=O)N(C(=O)OC(C)(C)C)c1nnn2cccc(-c3ccc([N+](=O)[O-])cc3)c12.CO. The van der Waals surface area contributed by atoms with Crippen molar-refractivity contribution >= 4 is 58.4 Å². The number of non-ortho nitro benzene ring substituents is 1. The van der Waals surface area contributed by atoms with Crippen LogP contribution in [0.3, 0.4) is 0 Å². The first-order chi connectivity index (χ1) is 30.6. The molecule has 21 heteroatoms. The number of nitrogen functional groups attached to an aromatic ring is 1. The third-order valence-electron chi connectivity index (χ3n) is 8.18. The minimum atomic E-state index is -0.974. The molecular weight excluding hydrogens is 857 g/mol. The molecular formula is C45H56N10O11. The van der Waals surface area contributed by atoms with E-state index in [9.17, 15) is 29.3 Å². The molecule has 0 saturated carbocycles. The van der Waals surface area contributed by atoms with Crippen molar-refractivity contribution in [1.29, 1.82) is 0 Å². The van der Waals surface area contributed by atoms with E-state index in [0.29, 0.717) is 38.3 Å². The van der Waals surface area contributed by atoms with Crippen molar-refractivity contribution in [2.45, 2.75) is 105 Å². The van der Waals surface area contributed by atoms with Gasteiger partial charge in [0, 0.05) is 48.5 Å². The molecule has 0 aliphatic carbocycles. The summed E-state index contributed by atoms with van der Waals surface area (Å²) in [6, 6.07) is 20.1. The van der Waals surface area contributed by atoms with Gasteiger partial charge in [-0.2, -0.15) is 9.80 Å². The molecule has 0 spiro atoms. The molecule has 0 aliphatic heterocycles. The van der Waals surface area contributed by atoms with Crippen molar-refractivity contribution in [3.8, 4) is 22.3 Å². The summed E-state index contributed by atoms with van der Waals surface area (Å²) in [5.41, 5.74) is 6.36. The lowest BCUT2D eigenvalue weighted by molar-refractivity contribution is -0.384. The van der Waals surface area contributed by atoms with E-state index in [1.807, 2.05) is 18.2 Å². The number of pyridine rings is 2. The first kappa shape index (κ1) is 51.0. The molecule has 6 aromatic rings. The number of aromatic nitrogens is 6. The molecule has 4 aromatic heterocycles. The molecule has 4 amide bonds. The zero-order valence-corrected chi connectivity index (χ0v) is 39.2. The van der Waals surface area contributed by atoms with Crippen molar-refractivity contribution in [1.82, 2.24) is 29.7 Å². The predicted octanol–water partition coefficient (Wildman–Crippen LogP) is 9.24. The number of amides is 4. The first-order valence-electron chi connectivity index (χ1n) is 20.4. The van der Waals surface area contributed by atoms with Crippen molar-refractivity contribution in [3.05, 3.63) is 95.3 Å². The first-order valence-corrected chi connectivity index (χ1v) is 20.4. The summed E-state index contributed by atoms with van der Waals surface area (Å²) in [7, 11) is 1.00. The van der Waals surface area contributed by atoms with Crippen LogP contribution >= 0.6 is 0 Å². The minimum Gasteiger partial charge on any atom is -0.443 e. The number of anilines is 3. The summed E-state index contributed by atoms with van der Waals surface area (Å²) in [5.74, 6) is -0.0802. The van der Waals surface area contributed by atoms with Crippen LogP contribution in [0.5, 0.6) is 0 Å². The topological polar surface area (TPSA) is 261 Å². The molecule has 21 nitrogen and oxygen atoms in total. The van der Waals surface area contributed by atoms with E-state index < -0.39 is 51.7 Å². The molecule has 0 radical (unpaired) electrons. The monoisotopic (exact) mass is 912 g/mol. The number of aliphatic hydroxyl groups is 1. The van der Waals surface area contributed by atoms with Gasteiger partial charge in [0.05, 0.1) is 4.92 Å². The summed E-state index contributed by atoms with van der Waals surface area (Å²) >= 11 is 0. The number of aliphatic hydroxyl groups excluding tert-OH is 1. The maximum Gasteiger partial charge on any atom is 0.425 e. The van der Waals surface area contributed by atoms with Crippen LogP contribution < -0.4 is 15.5 Å². The Hall–Kier alpha value is -7.68. The van der Waals surface area contributed by atoms with E-state index in [1.54, 1.807) is 138 Å². The third kappa shape index (κ3) is 13.2. The summed E-state index contributed by atoms with van der Waals surface area (Å²) in [5, 5.41) is 34.3. The van der Waals surface area contributed by atoms with Gasteiger partial charge in [-0.25, -0.2) is 28.2 Å². The number of nitrogens with two attached hydrogens (primary N) is 1. The smallest absolute Gasteiger partial charge is 0.425 e. The highest BCUT2D eigenvalue weighted by atomic mass is 16.6. The maximum atomic E-state index is 13.0. The number of nitro groups is 1. The molecule has 4 heterocycles. The van der Waals surface area contributed by atoms with E-state index in [-0.39, 0.29) is 17.3 Å². The molecule has 6 rings (SSSR count). The Morgan fingerprint density at radius 3 is 1.15 bits per heavy atom. The van der Waals surface area contributed by atoms with E-state index in [4.69, 9.17) is 29.8 Å². The Kier molecular flexibility index (Phi) is 15.5. The molecule has 0 unspecified atom stereocenters. The molecule has 0 atom stereocenters. The Balaban J connectivity index is 0.000000279. The number of benzene rings is 2. The van der Waals surface area contributed by atoms with Crippen LogP contribution in [0.25, 0.3) is 33.3 Å². The number of carbonyl (C=O) groups is 4. The molecule has 352 valence electrons. The summed E-state index contributed by atoms with van der Waals surface area (Å²) in [4.78, 5) is 64.1. The predicted molar refractivity (Wildman–Crippen MR) is 246 cm³/mol. The zero-order valence-electron chi connectivity index (χ0n) is 39.2. The van der Waals surface area contributed by atoms with Gasteiger partial charge in [0.25, 0.3) is 5.69 Å². The van der Waals surface area contributed by atoms with Gasteiger partial charge < -0.3 is 29.8 Å². The Bertz CT molecular complexity index is 2630. The van der Waals surface area contributed by atoms with Gasteiger partial charge in [0.15, 0.2) is 11.6 Å². The number of hydrogen-bond donors (Lipinski definition) is 2. The second-order valence-electron chi connectivity index (χ2n) is 18.3. The Morgan fingerprint density at radius 1 is 0.561 bits per heavy atom. The molecule has 66 heavy (non-hydrogen) atoms. The lowest BCUT2D eigenvalue weighted by Gasteiger charge is -2.27. The lowest BCUT2D eigenvalue weighted by atomic mass is 10.0. The van der Waals surface area contributed by atoms with Crippen molar-refractivity contribution in [2.75, 3.05) is 22.6 Å². The van der Waals surface area contributed by atoms with E-state index in [1.165, 1.54) is 21.2 Å². The molecule has 2 aromatic carbocycles. The van der Waals surface area contributed by atoms with E-state index >= 15 is 0 Å². The van der Waals surface area contributed by atoms with E-state index in [2.05, 4.69) is 20.6 Å². The molecule has 3 N–H and O–H groups in total. The average molecular weight is 913 g/mol. The Labute approximate surface area is 381 Å². The summed E-state index contributed by atoms with van der Waals surface area (Å²) in [6.45, 7) is 20.3. The van der Waals surface area contributed by atoms with Crippen LogP contribution in [-0.4, -0.2) is 93.6 Å². The number of fused-ring (bicyclic) bond motifs is 2. The number of carbonyl (C=O) groups excluding carboxylic acids is 4. The van der Waals surface area contributed by atoms with Crippen LogP contribution in [-0.2, 0) is 18.9 Å². The van der Waals surface area contributed by atoms with Gasteiger partial charge >= 0.3 is 24.4 Å². The van der Waals surface area contributed by atoms with Gasteiger partial charge in [0.2, 0.25) is 0 Å². The number of nitrogens with zero attached hydrogens (tertiary/aromatic N) is 9. The van der Waals surface area contributed by atoms with Crippen molar-refractivity contribution < 1.29 is 48.2 Å². The van der Waals surface area contributed by atoms with Crippen LogP contribution in [0.4, 0.5) is 42.2 Å². The van der Waals surface area contributed by atoms with Gasteiger partial charge in [-0.3, -0.25) is 10.1 Å². The normalized spacial score (nSPS) is 11.6. The highest BCUT2D eigenvalue weighted by molar-refractivity contribution is 6.13. The van der Waals surface area contributed by atoms with Gasteiger partial charge in [-0.1, -0.05) is 34.7 Å². The zero-order chi connectivity index (χ0) is 49.5. The van der Waals surface area contributed by atoms with Gasteiger partial charge in [0.1, 0.15) is 33.4 Å². The Morgan fingerprint density at radius 2 is 0.864 bits per heavy atom. The van der Waals surface area contributed by atoms with Gasteiger partial charge in [-0.15, -0.1) is 10.2 Å². The minimum absolute atomic E-state index is 0.0101. The standard InChI is InChI=1S/C22H25N5O6.C22H27N5O4.CH4O/c1-21(2,3)32-19(28)26(20(29)33-22(4,5)6)18-17-16(8-7-13-25(17)24-23-18)14-9-11-15(12-10-14)27(30)31;1-21(2,3)30-19(28)27(20(29)31-22(4,5)6)18-17-16(8-7-13-26(17)25-24-18)14-9-11-15(23)12-10-14;1-2/h7-13H,1-6H3;7-13H,23H2,1-6H3;2H,1H3. The number of nitro benzene ring substituents is 1. The van der Waals surface area contributed by atoms with Crippen LogP contribution in [0, 0.1) is 10.1 Å². The fraction of sp³-hybridized carbons (Fsp3) is 0.378. The van der Waals surface area contributed by atoms with Crippen LogP contribution in [0.15, 0.2) is 85.2 Å². The van der Waals surface area contributed by atoms with E-state index in [0.717, 1.165) is 17.6 Å². The number of imide groups is 2. The summed E-state index contributed by atoms with van der Waals surface area (Å²) in [6.07, 6.45) is -0.485. The highest BCUT2D eigenvalue weighted by Crippen LogP contribution is 2.34. The second-order valence-corrected chi connectivity index (χ2v) is 18.3. The largest absolute Gasteiger partial charge is 0.443 e. The summed E-state index contributed by atoms with van der Waals surface area (Å²) < 4.78 is 24.7. The van der Waals surface area contributed by atoms with Crippen molar-refractivity contribution in [3.63, 3.8) is 0 Å². The number of ether oxygens (including phenoxy) is 4. The van der Waals surface area contributed by atoms with Crippen LogP contribution in [0.1, 0.15) is 83.1 Å². The number of rotatable bonds is 5. The quantitative estimate of drug-likeness (QED) is 0.0706. The fourth-order valence-electron chi connectivity index (χ4n) is 5.78. The second kappa shape index (κ2) is 20.0. The van der Waals surface area contributed by atoms with Crippen molar-refractivity contribution in [2.24, 2.45) is 0 Å². The fourth-order valence-corrected chi connectivity index (χ4v) is 5.78. The highest BCUT2D eigenvalue weighted by Gasteiger charge is 2.38. The molecule has 0 fully saturated rings. The van der Waals surface area contributed by atoms with Crippen LogP contribution in [0.2, 0.25) is 0 Å². The molecule has 0 aliphatic rings. The number of hydrogen-bond acceptors (Lipinski definition) is 16. The maximum absolute atomic E-state index is 13.0. The molecule has 0 saturated heterocycles. The average Bonchev–Trinajstić information content (AvgIpc) is 3.82. The third-order valence-corrected chi connectivity index (χ3v) is 8.18. The molecule has 0 bridgehead atoms.